The molecule has 0 amide bonds. The predicted molar refractivity (Wildman–Crippen MR) is 63.0 cm³/mol. The molecular formula is C10H21BrSi. The molecule has 1 fully saturated rings. The lowest BCUT2D eigenvalue weighted by atomic mass is 10.0. The van der Waals surface area contributed by atoms with Crippen LogP contribution >= 0.6 is 15.9 Å². The van der Waals surface area contributed by atoms with Crippen LogP contribution in [-0.2, 0) is 0 Å². The third-order valence-corrected chi connectivity index (χ3v) is 7.33. The van der Waals surface area contributed by atoms with Gasteiger partial charge in [-0.05, 0) is 12.3 Å². The topological polar surface area (TPSA) is 0 Å². The standard InChI is InChI=1S/C10H21BrSi/c1-2-7-12-8-4-10(3-6-11)5-9-12/h10,12H,2-9H2,1H3/t10-,12-. The van der Waals surface area contributed by atoms with Crippen molar-refractivity contribution in [3.05, 3.63) is 0 Å². The number of rotatable bonds is 4. The maximum Gasteiger partial charge on any atom is 0.0367 e. The molecule has 0 aromatic rings. The van der Waals surface area contributed by atoms with E-state index in [0.717, 1.165) is 5.92 Å². The van der Waals surface area contributed by atoms with E-state index < -0.39 is 0 Å². The van der Waals surface area contributed by atoms with E-state index in [0.29, 0.717) is 0 Å². The third kappa shape index (κ3) is 3.61. The van der Waals surface area contributed by atoms with Crippen LogP contribution in [0.2, 0.25) is 18.1 Å². The van der Waals surface area contributed by atoms with Crippen LogP contribution in [0.15, 0.2) is 0 Å². The van der Waals surface area contributed by atoms with Gasteiger partial charge in [-0.2, -0.15) is 0 Å². The van der Waals surface area contributed by atoms with E-state index in [1.165, 1.54) is 18.2 Å². The lowest BCUT2D eigenvalue weighted by molar-refractivity contribution is 0.460. The summed E-state index contributed by atoms with van der Waals surface area (Å²) >= 11 is 3.54. The number of alkyl halides is 1. The largest absolute Gasteiger partial charge is 0.0928 e. The van der Waals surface area contributed by atoms with Crippen molar-refractivity contribution in [2.45, 2.75) is 50.7 Å². The minimum atomic E-state index is -0.205. The fourth-order valence-corrected chi connectivity index (χ4v) is 6.59. The zero-order chi connectivity index (χ0) is 8.81. The van der Waals surface area contributed by atoms with Gasteiger partial charge in [0.1, 0.15) is 0 Å². The van der Waals surface area contributed by atoms with Crippen molar-refractivity contribution >= 4 is 24.7 Å². The van der Waals surface area contributed by atoms with Crippen LogP contribution in [0.25, 0.3) is 0 Å². The molecule has 0 aromatic heterocycles. The SMILES string of the molecule is CCC[Si@H]1CC[C@H](CCBr)CC1. The second kappa shape index (κ2) is 6.20. The highest BCUT2D eigenvalue weighted by atomic mass is 79.9. The Hall–Kier alpha value is 0.697. The molecule has 0 unspecified atom stereocenters. The van der Waals surface area contributed by atoms with Gasteiger partial charge in [0.2, 0.25) is 0 Å². The van der Waals surface area contributed by atoms with Crippen molar-refractivity contribution in [3.63, 3.8) is 0 Å². The summed E-state index contributed by atoms with van der Waals surface area (Å²) in [6.07, 6.45) is 5.98. The van der Waals surface area contributed by atoms with Gasteiger partial charge in [0, 0.05) is 14.1 Å². The Kier molecular flexibility index (Phi) is 5.56. The Balaban J connectivity index is 2.11. The average molecular weight is 249 g/mol. The van der Waals surface area contributed by atoms with Gasteiger partial charge in [0.15, 0.2) is 0 Å². The smallest absolute Gasteiger partial charge is 0.0367 e. The van der Waals surface area contributed by atoms with E-state index in [4.69, 9.17) is 0 Å². The van der Waals surface area contributed by atoms with Crippen molar-refractivity contribution in [3.8, 4) is 0 Å². The molecule has 0 bridgehead atoms. The second-order valence-corrected chi connectivity index (χ2v) is 8.41. The molecule has 0 atom stereocenters. The van der Waals surface area contributed by atoms with Gasteiger partial charge in [-0.3, -0.25) is 0 Å². The summed E-state index contributed by atoms with van der Waals surface area (Å²) < 4.78 is 0. The summed E-state index contributed by atoms with van der Waals surface area (Å²) in [5.74, 6) is 1.07. The molecule has 1 rings (SSSR count). The van der Waals surface area contributed by atoms with Crippen LogP contribution in [0.3, 0.4) is 0 Å². The van der Waals surface area contributed by atoms with Crippen LogP contribution in [0.1, 0.15) is 32.6 Å². The normalized spacial score (nSPS) is 30.5. The van der Waals surface area contributed by atoms with Crippen LogP contribution in [-0.4, -0.2) is 14.1 Å². The molecule has 0 spiro atoms. The summed E-state index contributed by atoms with van der Waals surface area (Å²) in [7, 11) is -0.205. The van der Waals surface area contributed by atoms with Crippen molar-refractivity contribution in [1.29, 1.82) is 0 Å². The van der Waals surface area contributed by atoms with Gasteiger partial charge >= 0.3 is 0 Å². The van der Waals surface area contributed by atoms with Crippen molar-refractivity contribution in [1.82, 2.24) is 0 Å². The lowest BCUT2D eigenvalue weighted by Gasteiger charge is -2.26. The van der Waals surface area contributed by atoms with E-state index in [-0.39, 0.29) is 8.80 Å². The van der Waals surface area contributed by atoms with Gasteiger partial charge in [-0.25, -0.2) is 0 Å². The lowest BCUT2D eigenvalue weighted by Crippen LogP contribution is -2.21. The molecule has 0 saturated carbocycles. The minimum absolute atomic E-state index is 0.205. The Morgan fingerprint density at radius 1 is 1.33 bits per heavy atom. The Morgan fingerprint density at radius 3 is 2.50 bits per heavy atom. The first-order valence-electron chi connectivity index (χ1n) is 5.42. The zero-order valence-electron chi connectivity index (χ0n) is 8.19. The van der Waals surface area contributed by atoms with Gasteiger partial charge in [0.25, 0.3) is 0 Å². The van der Waals surface area contributed by atoms with Gasteiger partial charge in [-0.15, -0.1) is 0 Å². The Bertz CT molecular complexity index is 94.4. The molecule has 1 saturated heterocycles. The van der Waals surface area contributed by atoms with Gasteiger partial charge < -0.3 is 0 Å². The molecular weight excluding hydrogens is 228 g/mol. The molecule has 1 aliphatic rings. The summed E-state index contributed by atoms with van der Waals surface area (Å²) in [6, 6.07) is 4.90. The fraction of sp³-hybridized carbons (Fsp3) is 1.00. The van der Waals surface area contributed by atoms with E-state index in [9.17, 15) is 0 Å². The molecule has 0 nitrogen and oxygen atoms in total. The number of hydrogen-bond acceptors (Lipinski definition) is 0. The van der Waals surface area contributed by atoms with E-state index in [1.807, 2.05) is 0 Å². The predicted octanol–water partition coefficient (Wildman–Crippen LogP) is 3.82. The molecule has 72 valence electrons. The summed E-state index contributed by atoms with van der Waals surface area (Å²) in [5.41, 5.74) is 0. The van der Waals surface area contributed by atoms with E-state index in [1.54, 1.807) is 31.0 Å². The van der Waals surface area contributed by atoms with Crippen molar-refractivity contribution in [2.24, 2.45) is 5.92 Å². The molecule has 12 heavy (non-hydrogen) atoms. The maximum atomic E-state index is 3.54. The highest BCUT2D eigenvalue weighted by Crippen LogP contribution is 2.29. The third-order valence-electron chi connectivity index (χ3n) is 3.18. The quantitative estimate of drug-likeness (QED) is 0.525. The fourth-order valence-electron chi connectivity index (χ4n) is 2.37. The van der Waals surface area contributed by atoms with Crippen LogP contribution in [0.5, 0.6) is 0 Å². The molecule has 1 heterocycles. The summed E-state index contributed by atoms with van der Waals surface area (Å²) in [6.45, 7) is 2.34. The van der Waals surface area contributed by atoms with Crippen LogP contribution in [0.4, 0.5) is 0 Å². The molecule has 0 aliphatic carbocycles. The molecule has 1 aliphatic heterocycles. The highest BCUT2D eigenvalue weighted by Gasteiger charge is 2.20. The average Bonchev–Trinajstić information content (AvgIpc) is 2.09. The number of halogens is 1. The maximum absolute atomic E-state index is 3.54. The molecule has 2 heteroatoms. The van der Waals surface area contributed by atoms with Crippen molar-refractivity contribution in [2.75, 3.05) is 5.33 Å². The molecule has 0 aromatic carbocycles. The first-order valence-corrected chi connectivity index (χ1v) is 8.99. The highest BCUT2D eigenvalue weighted by molar-refractivity contribution is 9.09. The Labute approximate surface area is 86.9 Å². The van der Waals surface area contributed by atoms with Crippen LogP contribution < -0.4 is 0 Å². The van der Waals surface area contributed by atoms with E-state index in [2.05, 4.69) is 22.9 Å². The van der Waals surface area contributed by atoms with Gasteiger partial charge in [0.05, 0.1) is 0 Å². The second-order valence-electron chi connectivity index (χ2n) is 4.15. The number of hydrogen-bond donors (Lipinski definition) is 0. The monoisotopic (exact) mass is 248 g/mol. The Morgan fingerprint density at radius 2 is 2.00 bits per heavy atom. The van der Waals surface area contributed by atoms with Gasteiger partial charge in [-0.1, -0.05) is 60.2 Å². The van der Waals surface area contributed by atoms with E-state index >= 15 is 0 Å². The molecule has 0 N–H and O–H groups in total. The van der Waals surface area contributed by atoms with Crippen molar-refractivity contribution < 1.29 is 0 Å². The first-order chi connectivity index (χ1) is 5.86. The van der Waals surface area contributed by atoms with Crippen LogP contribution in [0, 0.1) is 5.92 Å². The minimum Gasteiger partial charge on any atom is -0.0928 e. The first kappa shape index (κ1) is 10.8. The zero-order valence-corrected chi connectivity index (χ0v) is 10.9. The molecule has 0 radical (unpaired) electrons. The summed E-state index contributed by atoms with van der Waals surface area (Å²) in [4.78, 5) is 0. The summed E-state index contributed by atoms with van der Waals surface area (Å²) in [5, 5.41) is 1.22.